The summed E-state index contributed by atoms with van der Waals surface area (Å²) in [5.74, 6) is 0.896. The highest BCUT2D eigenvalue weighted by Gasteiger charge is 2.17. The number of ether oxygens (including phenoxy) is 1. The average Bonchev–Trinajstić information content (AvgIpc) is 2.73. The van der Waals surface area contributed by atoms with Crippen LogP contribution >= 0.6 is 0 Å². The molecule has 1 fully saturated rings. The van der Waals surface area contributed by atoms with Gasteiger partial charge in [-0.05, 0) is 31.2 Å². The van der Waals surface area contributed by atoms with Crippen molar-refractivity contribution >= 4 is 5.69 Å². The molecular weight excluding hydrogens is 264 g/mol. The van der Waals surface area contributed by atoms with Crippen LogP contribution in [0.25, 0.3) is 0 Å². The van der Waals surface area contributed by atoms with E-state index < -0.39 is 0 Å². The van der Waals surface area contributed by atoms with Gasteiger partial charge in [0, 0.05) is 32.0 Å². The van der Waals surface area contributed by atoms with E-state index in [1.807, 2.05) is 12.3 Å². The van der Waals surface area contributed by atoms with E-state index in [4.69, 9.17) is 4.74 Å². The molecule has 21 heavy (non-hydrogen) atoms. The molecular formula is C17H28N2O2. The van der Waals surface area contributed by atoms with Crippen LogP contribution in [0.5, 0.6) is 0 Å². The smallest absolute Gasteiger partial charge is 0.250 e. The van der Waals surface area contributed by atoms with Crippen LogP contribution in [0.15, 0.2) is 23.1 Å². The van der Waals surface area contributed by atoms with E-state index in [1.165, 1.54) is 38.5 Å². The van der Waals surface area contributed by atoms with Crippen molar-refractivity contribution in [2.24, 2.45) is 5.92 Å². The lowest BCUT2D eigenvalue weighted by molar-refractivity contribution is 0.186. The van der Waals surface area contributed by atoms with Crippen molar-refractivity contribution in [3.63, 3.8) is 0 Å². The van der Waals surface area contributed by atoms with Gasteiger partial charge in [0.15, 0.2) is 0 Å². The Morgan fingerprint density at radius 3 is 2.90 bits per heavy atom. The van der Waals surface area contributed by atoms with Crippen LogP contribution in [-0.4, -0.2) is 24.3 Å². The van der Waals surface area contributed by atoms with E-state index in [0.29, 0.717) is 19.2 Å². The molecule has 118 valence electrons. The molecule has 0 amide bonds. The molecule has 1 aliphatic rings. The van der Waals surface area contributed by atoms with E-state index in [0.717, 1.165) is 11.6 Å². The largest absolute Gasteiger partial charge is 0.383 e. The van der Waals surface area contributed by atoms with Gasteiger partial charge >= 0.3 is 0 Å². The van der Waals surface area contributed by atoms with Crippen LogP contribution in [0.1, 0.15) is 45.4 Å². The summed E-state index contributed by atoms with van der Waals surface area (Å²) in [5.41, 5.74) is 1.08. The van der Waals surface area contributed by atoms with Crippen molar-refractivity contribution in [2.45, 2.75) is 58.0 Å². The third-order valence-electron chi connectivity index (χ3n) is 4.56. The molecule has 1 aromatic rings. The zero-order valence-electron chi connectivity index (χ0n) is 13.3. The summed E-state index contributed by atoms with van der Waals surface area (Å²) in [4.78, 5) is 11.8. The van der Waals surface area contributed by atoms with Crippen LogP contribution in [0.2, 0.25) is 0 Å². The number of hydrogen-bond donors (Lipinski definition) is 1. The van der Waals surface area contributed by atoms with Crippen molar-refractivity contribution in [1.82, 2.24) is 4.57 Å². The third kappa shape index (κ3) is 4.88. The van der Waals surface area contributed by atoms with Crippen molar-refractivity contribution in [3.05, 3.63) is 28.7 Å². The maximum atomic E-state index is 11.8. The van der Waals surface area contributed by atoms with Gasteiger partial charge in [0.2, 0.25) is 0 Å². The normalized spacial score (nSPS) is 22.8. The van der Waals surface area contributed by atoms with Gasteiger partial charge in [-0.25, -0.2) is 0 Å². The van der Waals surface area contributed by atoms with Gasteiger partial charge in [-0.2, -0.15) is 0 Å². The van der Waals surface area contributed by atoms with E-state index in [1.54, 1.807) is 17.7 Å². The Morgan fingerprint density at radius 2 is 2.14 bits per heavy atom. The SMILES string of the molecule is CCC1CCCC(Nc2ccc(=O)n(CCOC)c2)CC1. The van der Waals surface area contributed by atoms with Gasteiger partial charge in [-0.1, -0.05) is 26.2 Å². The predicted octanol–water partition coefficient (Wildman–Crippen LogP) is 3.27. The molecule has 1 N–H and O–H groups in total. The van der Waals surface area contributed by atoms with E-state index in [-0.39, 0.29) is 5.56 Å². The number of pyridine rings is 1. The van der Waals surface area contributed by atoms with E-state index >= 15 is 0 Å². The highest BCUT2D eigenvalue weighted by Crippen LogP contribution is 2.27. The molecule has 0 spiro atoms. The summed E-state index contributed by atoms with van der Waals surface area (Å²) in [6.07, 6.45) is 9.67. The topological polar surface area (TPSA) is 43.3 Å². The van der Waals surface area contributed by atoms with E-state index in [2.05, 4.69) is 12.2 Å². The van der Waals surface area contributed by atoms with Gasteiger partial charge in [0.25, 0.3) is 5.56 Å². The van der Waals surface area contributed by atoms with Crippen LogP contribution in [0.4, 0.5) is 5.69 Å². The fourth-order valence-electron chi connectivity index (χ4n) is 3.15. The van der Waals surface area contributed by atoms with Crippen molar-refractivity contribution in [3.8, 4) is 0 Å². The minimum absolute atomic E-state index is 0.0320. The van der Waals surface area contributed by atoms with Crippen LogP contribution in [0.3, 0.4) is 0 Å². The Morgan fingerprint density at radius 1 is 1.29 bits per heavy atom. The quantitative estimate of drug-likeness (QED) is 0.818. The maximum absolute atomic E-state index is 11.8. The minimum Gasteiger partial charge on any atom is -0.383 e. The summed E-state index contributed by atoms with van der Waals surface area (Å²) >= 11 is 0. The first-order chi connectivity index (χ1) is 10.2. The molecule has 4 nitrogen and oxygen atoms in total. The van der Waals surface area contributed by atoms with Gasteiger partial charge in [-0.15, -0.1) is 0 Å². The van der Waals surface area contributed by atoms with Gasteiger partial charge in [0.1, 0.15) is 0 Å². The van der Waals surface area contributed by atoms with Crippen molar-refractivity contribution in [2.75, 3.05) is 19.0 Å². The van der Waals surface area contributed by atoms with Crippen LogP contribution < -0.4 is 10.9 Å². The molecule has 1 aliphatic carbocycles. The summed E-state index contributed by atoms with van der Waals surface area (Å²) in [5, 5.41) is 3.61. The number of rotatable bonds is 6. The van der Waals surface area contributed by atoms with Gasteiger partial charge in [-0.3, -0.25) is 4.79 Å². The molecule has 1 saturated carbocycles. The Kier molecular flexibility index (Phi) is 6.30. The zero-order valence-corrected chi connectivity index (χ0v) is 13.3. The molecule has 0 aliphatic heterocycles. The molecule has 0 radical (unpaired) electrons. The lowest BCUT2D eigenvalue weighted by Crippen LogP contribution is -2.24. The van der Waals surface area contributed by atoms with Gasteiger partial charge < -0.3 is 14.6 Å². The average molecular weight is 292 g/mol. The van der Waals surface area contributed by atoms with Crippen molar-refractivity contribution < 1.29 is 4.74 Å². The van der Waals surface area contributed by atoms with Gasteiger partial charge in [0.05, 0.1) is 12.3 Å². The minimum atomic E-state index is 0.0320. The first-order valence-electron chi connectivity index (χ1n) is 8.19. The molecule has 2 atom stereocenters. The summed E-state index contributed by atoms with van der Waals surface area (Å²) in [6.45, 7) is 3.46. The molecule has 1 heterocycles. The van der Waals surface area contributed by atoms with Crippen molar-refractivity contribution in [1.29, 1.82) is 0 Å². The zero-order chi connectivity index (χ0) is 15.1. The highest BCUT2D eigenvalue weighted by atomic mass is 16.5. The maximum Gasteiger partial charge on any atom is 0.250 e. The second kappa shape index (κ2) is 8.23. The third-order valence-corrected chi connectivity index (χ3v) is 4.56. The first kappa shape index (κ1) is 16.1. The van der Waals surface area contributed by atoms with Crippen LogP contribution in [-0.2, 0) is 11.3 Å². The molecule has 4 heteroatoms. The Labute approximate surface area is 127 Å². The lowest BCUT2D eigenvalue weighted by atomic mass is 9.98. The summed E-state index contributed by atoms with van der Waals surface area (Å²) < 4.78 is 6.77. The number of aromatic nitrogens is 1. The molecule has 0 bridgehead atoms. The second-order valence-corrected chi connectivity index (χ2v) is 6.07. The molecule has 1 aromatic heterocycles. The molecule has 0 saturated heterocycles. The number of nitrogens with one attached hydrogen (secondary N) is 1. The summed E-state index contributed by atoms with van der Waals surface area (Å²) in [6, 6.07) is 4.08. The Balaban J connectivity index is 1.97. The number of nitrogens with zero attached hydrogens (tertiary/aromatic N) is 1. The predicted molar refractivity (Wildman–Crippen MR) is 86.9 cm³/mol. The highest BCUT2D eigenvalue weighted by molar-refractivity contribution is 5.41. The Hall–Kier alpha value is -1.29. The molecule has 2 unspecified atom stereocenters. The van der Waals surface area contributed by atoms with E-state index in [9.17, 15) is 4.79 Å². The molecule has 2 rings (SSSR count). The summed E-state index contributed by atoms with van der Waals surface area (Å²) in [7, 11) is 1.66. The Bertz CT molecular complexity index is 484. The fraction of sp³-hybridized carbons (Fsp3) is 0.706. The monoisotopic (exact) mass is 292 g/mol. The number of anilines is 1. The molecule has 0 aromatic carbocycles. The van der Waals surface area contributed by atoms with Crippen LogP contribution in [0, 0.1) is 5.92 Å². The number of methoxy groups -OCH3 is 1. The standard InChI is InChI=1S/C17H28N2O2/c1-3-14-5-4-6-15(8-7-14)18-16-9-10-17(20)19(13-16)11-12-21-2/h9-10,13-15,18H,3-8,11-12H2,1-2H3. The second-order valence-electron chi connectivity index (χ2n) is 6.07. The first-order valence-corrected chi connectivity index (χ1v) is 8.19. The lowest BCUT2D eigenvalue weighted by Gasteiger charge is -2.19. The fourth-order valence-corrected chi connectivity index (χ4v) is 3.15. The number of hydrogen-bond acceptors (Lipinski definition) is 3.